The largest absolute Gasteiger partial charge is 0.311 e. The molecular formula is C16H29N. The number of hydrogen-bond acceptors (Lipinski definition) is 1. The molecule has 0 bridgehead atoms. The Hall–Kier alpha value is -0.300. The molecule has 3 unspecified atom stereocenters. The third-order valence-corrected chi connectivity index (χ3v) is 4.53. The van der Waals surface area contributed by atoms with Gasteiger partial charge in [-0.2, -0.15) is 0 Å². The highest BCUT2D eigenvalue weighted by molar-refractivity contribution is 4.94. The van der Waals surface area contributed by atoms with Gasteiger partial charge in [0.2, 0.25) is 0 Å². The van der Waals surface area contributed by atoms with Gasteiger partial charge in [0.25, 0.3) is 0 Å². The van der Waals surface area contributed by atoms with Crippen LogP contribution in [0, 0.1) is 5.92 Å². The Balaban J connectivity index is 1.72. The zero-order valence-electron chi connectivity index (χ0n) is 11.5. The van der Waals surface area contributed by atoms with Gasteiger partial charge < -0.3 is 5.32 Å². The van der Waals surface area contributed by atoms with Crippen molar-refractivity contribution in [3.63, 3.8) is 0 Å². The Labute approximate surface area is 107 Å². The fourth-order valence-electron chi connectivity index (χ4n) is 3.52. The molecule has 0 aliphatic heterocycles. The van der Waals surface area contributed by atoms with E-state index in [1.165, 1.54) is 64.2 Å². The summed E-state index contributed by atoms with van der Waals surface area (Å²) in [4.78, 5) is 0. The van der Waals surface area contributed by atoms with Crippen molar-refractivity contribution in [2.24, 2.45) is 5.92 Å². The molecule has 0 spiro atoms. The molecule has 0 aromatic rings. The van der Waals surface area contributed by atoms with Crippen molar-refractivity contribution in [2.45, 2.75) is 83.2 Å². The van der Waals surface area contributed by atoms with Crippen molar-refractivity contribution in [3.05, 3.63) is 12.2 Å². The van der Waals surface area contributed by atoms with Gasteiger partial charge in [0.15, 0.2) is 0 Å². The topological polar surface area (TPSA) is 12.0 Å². The van der Waals surface area contributed by atoms with Crippen molar-refractivity contribution in [3.8, 4) is 0 Å². The average molecular weight is 235 g/mol. The molecule has 17 heavy (non-hydrogen) atoms. The molecule has 1 N–H and O–H groups in total. The third kappa shape index (κ3) is 4.46. The van der Waals surface area contributed by atoms with Gasteiger partial charge >= 0.3 is 0 Å². The maximum atomic E-state index is 3.91. The zero-order valence-corrected chi connectivity index (χ0v) is 11.5. The van der Waals surface area contributed by atoms with Crippen LogP contribution in [0.25, 0.3) is 0 Å². The summed E-state index contributed by atoms with van der Waals surface area (Å²) in [5.41, 5.74) is 0. The van der Waals surface area contributed by atoms with Gasteiger partial charge in [-0.25, -0.2) is 0 Å². The predicted octanol–water partition coefficient (Wildman–Crippen LogP) is 4.43. The Bertz CT molecular complexity index is 234. The highest BCUT2D eigenvalue weighted by Gasteiger charge is 2.20. The SMILES string of the molecule is CCCC1CCCC(NC2CC=CCC2)CC1. The Morgan fingerprint density at radius 2 is 1.94 bits per heavy atom. The van der Waals surface area contributed by atoms with Crippen LogP contribution >= 0.6 is 0 Å². The van der Waals surface area contributed by atoms with Crippen LogP contribution in [0.15, 0.2) is 12.2 Å². The van der Waals surface area contributed by atoms with E-state index in [0.717, 1.165) is 18.0 Å². The van der Waals surface area contributed by atoms with Crippen molar-refractivity contribution >= 4 is 0 Å². The Kier molecular flexibility index (Phi) is 5.57. The van der Waals surface area contributed by atoms with Crippen molar-refractivity contribution in [2.75, 3.05) is 0 Å². The van der Waals surface area contributed by atoms with E-state index < -0.39 is 0 Å². The van der Waals surface area contributed by atoms with E-state index in [1.807, 2.05) is 0 Å². The van der Waals surface area contributed by atoms with E-state index in [1.54, 1.807) is 0 Å². The van der Waals surface area contributed by atoms with E-state index in [0.29, 0.717) is 0 Å². The lowest BCUT2D eigenvalue weighted by Crippen LogP contribution is -2.38. The first kappa shape index (κ1) is 13.1. The molecule has 0 aromatic heterocycles. The minimum Gasteiger partial charge on any atom is -0.311 e. The highest BCUT2D eigenvalue weighted by Crippen LogP contribution is 2.27. The van der Waals surface area contributed by atoms with Crippen LogP contribution in [0.3, 0.4) is 0 Å². The molecule has 0 aromatic carbocycles. The molecule has 0 amide bonds. The van der Waals surface area contributed by atoms with E-state index >= 15 is 0 Å². The molecule has 1 heteroatoms. The summed E-state index contributed by atoms with van der Waals surface area (Å²) in [5, 5.41) is 3.91. The first-order valence-corrected chi connectivity index (χ1v) is 7.79. The molecule has 1 nitrogen and oxygen atoms in total. The minimum atomic E-state index is 0.771. The van der Waals surface area contributed by atoms with Crippen LogP contribution in [0.2, 0.25) is 0 Å². The van der Waals surface area contributed by atoms with Crippen LogP contribution in [0.1, 0.15) is 71.1 Å². The predicted molar refractivity (Wildman–Crippen MR) is 75.2 cm³/mol. The summed E-state index contributed by atoms with van der Waals surface area (Å²) >= 11 is 0. The zero-order chi connectivity index (χ0) is 11.9. The second kappa shape index (κ2) is 7.20. The molecule has 98 valence electrons. The van der Waals surface area contributed by atoms with Crippen LogP contribution < -0.4 is 5.32 Å². The second-order valence-electron chi connectivity index (χ2n) is 6.01. The van der Waals surface area contributed by atoms with Gasteiger partial charge in [0.1, 0.15) is 0 Å². The smallest absolute Gasteiger partial charge is 0.0107 e. The summed E-state index contributed by atoms with van der Waals surface area (Å²) in [7, 11) is 0. The van der Waals surface area contributed by atoms with Gasteiger partial charge in [0, 0.05) is 12.1 Å². The van der Waals surface area contributed by atoms with Crippen LogP contribution in [-0.4, -0.2) is 12.1 Å². The van der Waals surface area contributed by atoms with E-state index in [2.05, 4.69) is 24.4 Å². The van der Waals surface area contributed by atoms with Gasteiger partial charge in [-0.15, -0.1) is 0 Å². The quantitative estimate of drug-likeness (QED) is 0.561. The summed E-state index contributed by atoms with van der Waals surface area (Å²) in [6.45, 7) is 2.33. The number of nitrogens with one attached hydrogen (secondary N) is 1. The second-order valence-corrected chi connectivity index (χ2v) is 6.01. The van der Waals surface area contributed by atoms with E-state index in [9.17, 15) is 0 Å². The molecule has 1 fully saturated rings. The van der Waals surface area contributed by atoms with E-state index in [4.69, 9.17) is 0 Å². The average Bonchev–Trinajstić information content (AvgIpc) is 2.57. The molecule has 0 heterocycles. The van der Waals surface area contributed by atoms with Crippen LogP contribution in [0.4, 0.5) is 0 Å². The van der Waals surface area contributed by atoms with Crippen LogP contribution in [-0.2, 0) is 0 Å². The molecule has 3 atom stereocenters. The summed E-state index contributed by atoms with van der Waals surface area (Å²) in [6.07, 6.45) is 18.7. The van der Waals surface area contributed by atoms with Gasteiger partial charge in [0.05, 0.1) is 0 Å². The molecular weight excluding hydrogens is 206 g/mol. The summed E-state index contributed by atoms with van der Waals surface area (Å²) < 4.78 is 0. The lowest BCUT2D eigenvalue weighted by Gasteiger charge is -2.25. The van der Waals surface area contributed by atoms with Crippen molar-refractivity contribution < 1.29 is 0 Å². The van der Waals surface area contributed by atoms with Crippen LogP contribution in [0.5, 0.6) is 0 Å². The van der Waals surface area contributed by atoms with Gasteiger partial charge in [-0.05, 0) is 44.4 Å². The first-order valence-electron chi connectivity index (χ1n) is 7.79. The lowest BCUT2D eigenvalue weighted by molar-refractivity contribution is 0.365. The molecule has 2 aliphatic rings. The van der Waals surface area contributed by atoms with Crippen molar-refractivity contribution in [1.82, 2.24) is 5.32 Å². The van der Waals surface area contributed by atoms with Gasteiger partial charge in [-0.3, -0.25) is 0 Å². The third-order valence-electron chi connectivity index (χ3n) is 4.53. The van der Waals surface area contributed by atoms with E-state index in [-0.39, 0.29) is 0 Å². The maximum Gasteiger partial charge on any atom is 0.0107 e. The fourth-order valence-corrected chi connectivity index (χ4v) is 3.52. The Morgan fingerprint density at radius 1 is 1.00 bits per heavy atom. The molecule has 2 rings (SSSR count). The van der Waals surface area contributed by atoms with Crippen molar-refractivity contribution in [1.29, 1.82) is 0 Å². The normalized spacial score (nSPS) is 34.5. The number of rotatable bonds is 4. The summed E-state index contributed by atoms with van der Waals surface area (Å²) in [6, 6.07) is 1.58. The summed E-state index contributed by atoms with van der Waals surface area (Å²) in [5.74, 6) is 1.03. The standard InChI is InChI=1S/C16H29N/c1-2-7-14-8-6-11-16(13-12-14)17-15-9-4-3-5-10-15/h3-4,14-17H,2,5-13H2,1H3. The first-order chi connectivity index (χ1) is 8.38. The Morgan fingerprint density at radius 3 is 2.71 bits per heavy atom. The number of hydrogen-bond donors (Lipinski definition) is 1. The fraction of sp³-hybridized carbons (Fsp3) is 0.875. The highest BCUT2D eigenvalue weighted by atomic mass is 14.9. The minimum absolute atomic E-state index is 0.771. The molecule has 2 aliphatic carbocycles. The molecule has 0 radical (unpaired) electrons. The molecule has 0 saturated heterocycles. The molecule has 1 saturated carbocycles. The van der Waals surface area contributed by atoms with Gasteiger partial charge in [-0.1, -0.05) is 44.8 Å². The lowest BCUT2D eigenvalue weighted by atomic mass is 9.95. The maximum absolute atomic E-state index is 3.91. The monoisotopic (exact) mass is 235 g/mol. The number of allylic oxidation sites excluding steroid dienone is 1.